The largest absolute Gasteiger partial charge is 0.496 e. The van der Waals surface area contributed by atoms with Gasteiger partial charge in [0.25, 0.3) is 5.56 Å². The minimum atomic E-state index is -0.712. The maximum Gasteiger partial charge on any atom is 0.330 e. The molecule has 1 aromatic heterocycles. The summed E-state index contributed by atoms with van der Waals surface area (Å²) >= 11 is 0. The second kappa shape index (κ2) is 11.0. The Labute approximate surface area is 208 Å². The number of anilines is 2. The molecule has 3 N–H and O–H groups in total. The monoisotopic (exact) mass is 494 g/mol. The first-order chi connectivity index (χ1) is 17.4. The number of nitrogens with zero attached hydrogens (tertiary/aromatic N) is 2. The maximum absolute atomic E-state index is 13.6. The number of hydrogen-bond donors (Lipinski definition) is 2. The summed E-state index contributed by atoms with van der Waals surface area (Å²) in [7, 11) is 1.54. The number of aryl methyl sites for hydroxylation is 1. The van der Waals surface area contributed by atoms with Gasteiger partial charge in [-0.05, 0) is 36.6 Å². The highest BCUT2D eigenvalue weighted by Gasteiger charge is 2.25. The van der Waals surface area contributed by atoms with Crippen molar-refractivity contribution in [1.82, 2.24) is 9.55 Å². The highest BCUT2D eigenvalue weighted by molar-refractivity contribution is 5.95. The van der Waals surface area contributed by atoms with E-state index >= 15 is 0 Å². The number of fused-ring (bicyclic) bond motifs is 1. The number of nitrogens with two attached hydrogens (primary N) is 1. The van der Waals surface area contributed by atoms with Crippen molar-refractivity contribution in [3.05, 3.63) is 74.4 Å². The highest BCUT2D eigenvalue weighted by atomic mass is 16.7. The van der Waals surface area contributed by atoms with E-state index in [1.165, 1.54) is 16.6 Å². The molecule has 0 aliphatic carbocycles. The fraction of sp³-hybridized carbons (Fsp3) is 0.346. The average Bonchev–Trinajstić information content (AvgIpc) is 3.34. The molecule has 0 saturated heterocycles. The molecule has 0 spiro atoms. The lowest BCUT2D eigenvalue weighted by Crippen LogP contribution is -2.41. The zero-order valence-corrected chi connectivity index (χ0v) is 20.4. The van der Waals surface area contributed by atoms with Crippen molar-refractivity contribution in [2.24, 2.45) is 0 Å². The van der Waals surface area contributed by atoms with Gasteiger partial charge >= 0.3 is 5.69 Å². The molecule has 4 rings (SSSR count). The predicted octanol–water partition coefficient (Wildman–Crippen LogP) is 2.82. The molecular formula is C26H30N4O6. The lowest BCUT2D eigenvalue weighted by molar-refractivity contribution is -0.118. The zero-order chi connectivity index (χ0) is 25.7. The molecule has 3 aromatic rings. The summed E-state index contributed by atoms with van der Waals surface area (Å²) in [6.45, 7) is 2.53. The molecule has 190 valence electrons. The van der Waals surface area contributed by atoms with Gasteiger partial charge in [-0.25, -0.2) is 4.79 Å². The number of unbranched alkanes of at least 4 members (excludes halogenated alkanes) is 1. The summed E-state index contributed by atoms with van der Waals surface area (Å²) in [4.78, 5) is 42.7. The van der Waals surface area contributed by atoms with Crippen LogP contribution in [0.1, 0.15) is 37.3 Å². The molecular weight excluding hydrogens is 464 g/mol. The maximum atomic E-state index is 13.6. The number of carbonyl (C=O) groups is 1. The smallest absolute Gasteiger partial charge is 0.330 e. The van der Waals surface area contributed by atoms with Crippen molar-refractivity contribution in [2.45, 2.75) is 45.7 Å². The number of aromatic amines is 1. The van der Waals surface area contributed by atoms with Gasteiger partial charge in [0.2, 0.25) is 12.7 Å². The summed E-state index contributed by atoms with van der Waals surface area (Å²) in [6, 6.07) is 12.8. The van der Waals surface area contributed by atoms with Crippen LogP contribution in [0, 0.1) is 0 Å². The Hall–Kier alpha value is -4.21. The number of nitrogen functional groups attached to an aromatic ring is 1. The van der Waals surface area contributed by atoms with Crippen LogP contribution >= 0.6 is 0 Å². The number of para-hydroxylation sites is 1. The lowest BCUT2D eigenvalue weighted by atomic mass is 10.1. The van der Waals surface area contributed by atoms with Gasteiger partial charge < -0.3 is 19.9 Å². The summed E-state index contributed by atoms with van der Waals surface area (Å²) in [5.74, 6) is 1.51. The van der Waals surface area contributed by atoms with E-state index < -0.39 is 11.2 Å². The van der Waals surface area contributed by atoms with Gasteiger partial charge in [-0.1, -0.05) is 37.6 Å². The third-order valence-electron chi connectivity index (χ3n) is 6.11. The van der Waals surface area contributed by atoms with E-state index in [4.69, 9.17) is 19.9 Å². The molecule has 0 atom stereocenters. The van der Waals surface area contributed by atoms with Gasteiger partial charge in [0.05, 0.1) is 13.7 Å². The first kappa shape index (κ1) is 24.9. The van der Waals surface area contributed by atoms with Crippen molar-refractivity contribution < 1.29 is 19.0 Å². The molecule has 0 radical (unpaired) electrons. The number of aromatic nitrogens is 2. The summed E-state index contributed by atoms with van der Waals surface area (Å²) < 4.78 is 17.5. The first-order valence-electron chi connectivity index (χ1n) is 11.9. The fourth-order valence-corrected chi connectivity index (χ4v) is 4.15. The van der Waals surface area contributed by atoms with E-state index in [1.807, 2.05) is 37.3 Å². The average molecular weight is 495 g/mol. The molecule has 0 bridgehead atoms. The number of rotatable bonds is 10. The van der Waals surface area contributed by atoms with Crippen molar-refractivity contribution in [2.75, 3.05) is 24.5 Å². The standard InChI is InChI=1S/C26H30N4O6/c1-3-4-13-29-24(27)23(25(32)28-26(29)33)30(15-18-7-5-6-8-19(18)34-2)22(31)12-10-17-9-11-20-21(14-17)36-16-35-20/h5-9,11,14H,3-4,10,12-13,15-16,27H2,1-2H3,(H,28,32,33). The van der Waals surface area contributed by atoms with Crippen LogP contribution in [0.3, 0.4) is 0 Å². The Bertz CT molecular complexity index is 1360. The molecule has 1 amide bonds. The first-order valence-corrected chi connectivity index (χ1v) is 11.9. The highest BCUT2D eigenvalue weighted by Crippen LogP contribution is 2.33. The van der Waals surface area contributed by atoms with E-state index in [0.29, 0.717) is 42.2 Å². The topological polar surface area (TPSA) is 129 Å². The lowest BCUT2D eigenvalue weighted by Gasteiger charge is -2.25. The number of hydrogen-bond acceptors (Lipinski definition) is 7. The minimum absolute atomic E-state index is 0.0384. The Morgan fingerprint density at radius 1 is 1.17 bits per heavy atom. The fourth-order valence-electron chi connectivity index (χ4n) is 4.15. The van der Waals surface area contributed by atoms with Gasteiger partial charge in [-0.2, -0.15) is 0 Å². The van der Waals surface area contributed by atoms with Crippen LogP contribution in [0.2, 0.25) is 0 Å². The van der Waals surface area contributed by atoms with Crippen LogP contribution in [-0.2, 0) is 24.3 Å². The Balaban J connectivity index is 1.69. The van der Waals surface area contributed by atoms with Gasteiger partial charge in [0.15, 0.2) is 17.2 Å². The summed E-state index contributed by atoms with van der Waals surface area (Å²) in [6.07, 6.45) is 2.03. The third kappa shape index (κ3) is 5.22. The summed E-state index contributed by atoms with van der Waals surface area (Å²) in [5, 5.41) is 0. The van der Waals surface area contributed by atoms with E-state index in [0.717, 1.165) is 12.0 Å². The number of ether oxygens (including phenoxy) is 3. The quantitative estimate of drug-likeness (QED) is 0.443. The van der Waals surface area contributed by atoms with E-state index in [1.54, 1.807) is 12.1 Å². The van der Waals surface area contributed by atoms with Gasteiger partial charge in [0, 0.05) is 18.5 Å². The third-order valence-corrected chi connectivity index (χ3v) is 6.11. The molecule has 1 aliphatic rings. The molecule has 10 heteroatoms. The Morgan fingerprint density at radius 2 is 1.94 bits per heavy atom. The number of H-pyrrole nitrogens is 1. The zero-order valence-electron chi connectivity index (χ0n) is 20.4. The molecule has 1 aliphatic heterocycles. The Morgan fingerprint density at radius 3 is 2.72 bits per heavy atom. The van der Waals surface area contributed by atoms with Crippen LogP contribution in [0.15, 0.2) is 52.1 Å². The van der Waals surface area contributed by atoms with E-state index in [9.17, 15) is 14.4 Å². The van der Waals surface area contributed by atoms with Crippen molar-refractivity contribution in [1.29, 1.82) is 0 Å². The van der Waals surface area contributed by atoms with E-state index in [-0.39, 0.29) is 37.2 Å². The SMILES string of the molecule is CCCCn1c(N)c(N(Cc2ccccc2OC)C(=O)CCc2ccc3c(c2)OCO3)c(=O)[nH]c1=O. The molecule has 0 saturated carbocycles. The second-order valence-corrected chi connectivity index (χ2v) is 8.48. The molecule has 10 nitrogen and oxygen atoms in total. The van der Waals surface area contributed by atoms with Crippen LogP contribution in [0.4, 0.5) is 11.5 Å². The number of carbonyl (C=O) groups excluding carboxylic acids is 1. The minimum Gasteiger partial charge on any atom is -0.496 e. The predicted molar refractivity (Wildman–Crippen MR) is 136 cm³/mol. The number of benzene rings is 2. The molecule has 2 aromatic carbocycles. The van der Waals surface area contributed by atoms with E-state index in [2.05, 4.69) is 4.98 Å². The van der Waals surface area contributed by atoms with Crippen LogP contribution in [0.25, 0.3) is 0 Å². The molecule has 0 fully saturated rings. The van der Waals surface area contributed by atoms with Gasteiger partial charge in [0.1, 0.15) is 11.6 Å². The van der Waals surface area contributed by atoms with Crippen LogP contribution in [0.5, 0.6) is 17.2 Å². The molecule has 2 heterocycles. The van der Waals surface area contributed by atoms with Crippen molar-refractivity contribution in [3.63, 3.8) is 0 Å². The van der Waals surface area contributed by atoms with Crippen molar-refractivity contribution >= 4 is 17.4 Å². The summed E-state index contributed by atoms with van der Waals surface area (Å²) in [5.41, 5.74) is 6.57. The number of amides is 1. The second-order valence-electron chi connectivity index (χ2n) is 8.48. The molecule has 0 unspecified atom stereocenters. The van der Waals surface area contributed by atoms with Crippen LogP contribution < -0.4 is 36.1 Å². The number of methoxy groups -OCH3 is 1. The van der Waals surface area contributed by atoms with Crippen molar-refractivity contribution in [3.8, 4) is 17.2 Å². The Kier molecular flexibility index (Phi) is 7.62. The number of nitrogens with one attached hydrogen (secondary N) is 1. The van der Waals surface area contributed by atoms with Gasteiger partial charge in [-0.3, -0.25) is 24.0 Å². The molecule has 36 heavy (non-hydrogen) atoms. The van der Waals surface area contributed by atoms with Gasteiger partial charge in [-0.15, -0.1) is 0 Å². The normalized spacial score (nSPS) is 11.9. The van der Waals surface area contributed by atoms with Crippen LogP contribution in [-0.4, -0.2) is 29.4 Å².